The first kappa shape index (κ1) is 16.7. The fraction of sp³-hybridized carbons (Fsp3) is 0.444. The monoisotopic (exact) mass is 353 g/mol. The van der Waals surface area contributed by atoms with Crippen LogP contribution in [0.5, 0.6) is 5.75 Å². The fourth-order valence-corrected chi connectivity index (χ4v) is 3.78. The summed E-state index contributed by atoms with van der Waals surface area (Å²) in [6, 6.07) is 12.6. The molecule has 2 unspecified atom stereocenters. The lowest BCUT2D eigenvalue weighted by Crippen LogP contribution is -2.39. The van der Waals surface area contributed by atoms with Crippen molar-refractivity contribution in [1.29, 1.82) is 0 Å². The van der Waals surface area contributed by atoms with Gasteiger partial charge in [0.1, 0.15) is 11.6 Å². The fourth-order valence-electron chi connectivity index (χ4n) is 3.78. The summed E-state index contributed by atoms with van der Waals surface area (Å²) in [6.45, 7) is 1.96. The normalized spacial score (nSPS) is 21.0. The highest BCUT2D eigenvalue weighted by Gasteiger charge is 2.30. The summed E-state index contributed by atoms with van der Waals surface area (Å²) in [4.78, 5) is 2.44. The number of benzene rings is 1. The van der Waals surface area contributed by atoms with Crippen molar-refractivity contribution in [2.24, 2.45) is 5.92 Å². The van der Waals surface area contributed by atoms with Gasteiger partial charge in [0.2, 0.25) is 0 Å². The van der Waals surface area contributed by atoms with Crippen LogP contribution in [0.3, 0.4) is 0 Å². The van der Waals surface area contributed by atoms with Gasteiger partial charge < -0.3 is 10.1 Å². The number of ether oxygens (including phenoxy) is 1. The molecule has 4 rings (SSSR count). The largest absolute Gasteiger partial charge is 0.497 e. The molecule has 1 N–H and O–H groups in total. The second-order valence-electron chi connectivity index (χ2n) is 6.73. The summed E-state index contributed by atoms with van der Waals surface area (Å²) in [5.41, 5.74) is 1.97. The first-order valence-electron chi connectivity index (χ1n) is 8.88. The van der Waals surface area contributed by atoms with Crippen molar-refractivity contribution < 1.29 is 4.74 Å². The third-order valence-corrected chi connectivity index (χ3v) is 5.08. The lowest BCUT2D eigenvalue weighted by atomic mass is 9.85. The molecule has 2 atom stereocenters. The van der Waals surface area contributed by atoms with E-state index in [4.69, 9.17) is 4.74 Å². The maximum Gasteiger partial charge on any atom is 0.200 e. The van der Waals surface area contributed by atoms with E-state index in [1.807, 2.05) is 24.3 Å². The van der Waals surface area contributed by atoms with E-state index in [1.165, 1.54) is 23.0 Å². The van der Waals surface area contributed by atoms with Gasteiger partial charge >= 0.3 is 0 Å². The van der Waals surface area contributed by atoms with Crippen LogP contribution in [0, 0.1) is 5.92 Å². The molecule has 0 bridgehead atoms. The number of fused-ring (bicyclic) bond motifs is 1. The summed E-state index contributed by atoms with van der Waals surface area (Å²) in [5.74, 6) is 2.17. The minimum absolute atomic E-state index is 0.374. The number of hydrogen-bond acceptors (Lipinski definition) is 7. The number of hydrogen-bond donors (Lipinski definition) is 1. The first-order valence-corrected chi connectivity index (χ1v) is 8.88. The first-order chi connectivity index (χ1) is 12.7. The van der Waals surface area contributed by atoms with Crippen LogP contribution >= 0.6 is 0 Å². The second kappa shape index (κ2) is 7.25. The molecular formula is C18H23N7O. The van der Waals surface area contributed by atoms with Crippen molar-refractivity contribution >= 4 is 11.5 Å². The second-order valence-corrected chi connectivity index (χ2v) is 6.73. The van der Waals surface area contributed by atoms with Crippen molar-refractivity contribution in [3.63, 3.8) is 0 Å². The highest BCUT2D eigenvalue weighted by molar-refractivity contribution is 5.42. The number of methoxy groups -OCH3 is 1. The average Bonchev–Trinajstić information content (AvgIpc) is 3.14. The minimum Gasteiger partial charge on any atom is -0.497 e. The van der Waals surface area contributed by atoms with Crippen LogP contribution in [0.4, 0.5) is 5.82 Å². The summed E-state index contributed by atoms with van der Waals surface area (Å²) < 4.78 is 6.73. The Labute approximate surface area is 152 Å². The van der Waals surface area contributed by atoms with Gasteiger partial charge in [0.25, 0.3) is 0 Å². The quantitative estimate of drug-likeness (QED) is 0.751. The molecule has 1 fully saturated rings. The van der Waals surface area contributed by atoms with E-state index in [0.29, 0.717) is 17.6 Å². The molecule has 0 saturated carbocycles. The Morgan fingerprint density at radius 3 is 2.85 bits per heavy atom. The van der Waals surface area contributed by atoms with Crippen LogP contribution in [-0.2, 0) is 0 Å². The summed E-state index contributed by atoms with van der Waals surface area (Å²) in [7, 11) is 3.90. The molecule has 8 nitrogen and oxygen atoms in total. The number of likely N-dealkylation sites (tertiary alicyclic amines) is 1. The lowest BCUT2D eigenvalue weighted by Gasteiger charge is -2.39. The molecule has 0 aliphatic carbocycles. The Morgan fingerprint density at radius 1 is 1.19 bits per heavy atom. The standard InChI is InChI=1S/C18H23N7O/c1-24-11-3-4-14(18(24)13-5-7-15(26-2)8-6-13)12-19-16-9-10-17-20-22-23-25(17)21-16/h5-10,14,18H,3-4,11-12H2,1-2H3,(H,19,21). The summed E-state index contributed by atoms with van der Waals surface area (Å²) in [6.07, 6.45) is 2.39. The molecule has 0 radical (unpaired) electrons. The molecule has 3 aromatic rings. The number of nitrogens with one attached hydrogen (secondary N) is 1. The van der Waals surface area contributed by atoms with Crippen molar-refractivity contribution in [3.05, 3.63) is 42.0 Å². The van der Waals surface area contributed by atoms with Gasteiger partial charge in [-0.25, -0.2) is 0 Å². The minimum atomic E-state index is 0.374. The van der Waals surface area contributed by atoms with E-state index in [9.17, 15) is 0 Å². The van der Waals surface area contributed by atoms with Gasteiger partial charge in [-0.3, -0.25) is 4.90 Å². The topological polar surface area (TPSA) is 80.5 Å². The lowest BCUT2D eigenvalue weighted by molar-refractivity contribution is 0.127. The van der Waals surface area contributed by atoms with Crippen molar-refractivity contribution in [2.75, 3.05) is 32.6 Å². The molecule has 0 spiro atoms. The van der Waals surface area contributed by atoms with Crippen LogP contribution in [0.25, 0.3) is 5.65 Å². The van der Waals surface area contributed by atoms with E-state index in [0.717, 1.165) is 24.7 Å². The van der Waals surface area contributed by atoms with Crippen LogP contribution < -0.4 is 10.1 Å². The van der Waals surface area contributed by atoms with Crippen LogP contribution in [0.1, 0.15) is 24.4 Å². The van der Waals surface area contributed by atoms with Gasteiger partial charge in [0, 0.05) is 12.6 Å². The molecule has 0 amide bonds. The van der Waals surface area contributed by atoms with Crippen LogP contribution in [-0.4, -0.2) is 57.4 Å². The number of nitrogens with zero attached hydrogens (tertiary/aromatic N) is 6. The molecule has 2 aromatic heterocycles. The summed E-state index contributed by atoms with van der Waals surface area (Å²) in [5, 5.41) is 19.2. The summed E-state index contributed by atoms with van der Waals surface area (Å²) >= 11 is 0. The van der Waals surface area contributed by atoms with Gasteiger partial charge in [-0.2, -0.15) is 0 Å². The maximum absolute atomic E-state index is 5.29. The Balaban J connectivity index is 1.50. The van der Waals surface area contributed by atoms with Crippen molar-refractivity contribution in [1.82, 2.24) is 30.2 Å². The molecule has 136 valence electrons. The Bertz CT molecular complexity index is 863. The SMILES string of the molecule is COc1ccc(C2C(CNc3ccc4nnnn4n3)CCCN2C)cc1. The predicted octanol–water partition coefficient (Wildman–Crippen LogP) is 2.02. The number of rotatable bonds is 5. The predicted molar refractivity (Wildman–Crippen MR) is 98.2 cm³/mol. The third-order valence-electron chi connectivity index (χ3n) is 5.08. The van der Waals surface area contributed by atoms with Crippen molar-refractivity contribution in [2.45, 2.75) is 18.9 Å². The van der Waals surface area contributed by atoms with Gasteiger partial charge in [-0.1, -0.05) is 12.1 Å². The smallest absolute Gasteiger partial charge is 0.200 e. The zero-order valence-corrected chi connectivity index (χ0v) is 15.0. The molecule has 1 saturated heterocycles. The Morgan fingerprint density at radius 2 is 2.04 bits per heavy atom. The Hall–Kier alpha value is -2.74. The molecule has 1 aliphatic heterocycles. The average molecular weight is 353 g/mol. The Kier molecular flexibility index (Phi) is 4.66. The number of piperidine rings is 1. The molecule has 8 heteroatoms. The van der Waals surface area contributed by atoms with E-state index in [1.54, 1.807) is 7.11 Å². The molecule has 3 heterocycles. The van der Waals surface area contributed by atoms with Crippen LogP contribution in [0.15, 0.2) is 36.4 Å². The zero-order valence-electron chi connectivity index (χ0n) is 15.0. The third kappa shape index (κ3) is 3.32. The highest BCUT2D eigenvalue weighted by Crippen LogP contribution is 2.35. The molecule has 26 heavy (non-hydrogen) atoms. The number of tetrazole rings is 1. The zero-order chi connectivity index (χ0) is 17.9. The van der Waals surface area contributed by atoms with Gasteiger partial charge in [0.15, 0.2) is 5.65 Å². The van der Waals surface area contributed by atoms with E-state index < -0.39 is 0 Å². The maximum atomic E-state index is 5.29. The van der Waals surface area contributed by atoms with Gasteiger partial charge in [0.05, 0.1) is 7.11 Å². The van der Waals surface area contributed by atoms with Crippen LogP contribution in [0.2, 0.25) is 0 Å². The van der Waals surface area contributed by atoms with E-state index in [-0.39, 0.29) is 0 Å². The van der Waals surface area contributed by atoms with Crippen molar-refractivity contribution in [3.8, 4) is 5.75 Å². The van der Waals surface area contributed by atoms with Gasteiger partial charge in [-0.15, -0.1) is 14.8 Å². The van der Waals surface area contributed by atoms with E-state index in [2.05, 4.69) is 50.0 Å². The molecule has 1 aliphatic rings. The van der Waals surface area contributed by atoms with Gasteiger partial charge in [-0.05, 0) is 72.6 Å². The van der Waals surface area contributed by atoms with E-state index >= 15 is 0 Å². The molecular weight excluding hydrogens is 330 g/mol. The number of aromatic nitrogens is 5. The number of anilines is 1. The molecule has 1 aromatic carbocycles. The highest BCUT2D eigenvalue weighted by atomic mass is 16.5.